The fourth-order valence-electron chi connectivity index (χ4n) is 3.49. The van der Waals surface area contributed by atoms with Crippen LogP contribution in [0.25, 0.3) is 10.8 Å². The molecule has 0 atom stereocenters. The Balaban J connectivity index is 1.75. The van der Waals surface area contributed by atoms with Gasteiger partial charge in [0.15, 0.2) is 0 Å². The van der Waals surface area contributed by atoms with Crippen molar-refractivity contribution in [1.82, 2.24) is 15.1 Å². The van der Waals surface area contributed by atoms with Crippen molar-refractivity contribution in [3.63, 3.8) is 0 Å². The van der Waals surface area contributed by atoms with Gasteiger partial charge in [-0.05, 0) is 25.0 Å². The minimum atomic E-state index is -1.23. The van der Waals surface area contributed by atoms with Crippen LogP contribution in [0, 0.1) is 0 Å². The maximum atomic E-state index is 12.4. The number of nitrogens with one attached hydrogen (secondary N) is 2. The molecule has 1 amide bonds. The van der Waals surface area contributed by atoms with E-state index in [1.54, 1.807) is 24.3 Å². The maximum Gasteiger partial charge on any atom is 0.329 e. The Morgan fingerprint density at radius 3 is 2.42 bits per heavy atom. The quantitative estimate of drug-likeness (QED) is 0.735. The smallest absolute Gasteiger partial charge is 0.329 e. The van der Waals surface area contributed by atoms with Gasteiger partial charge in [0.05, 0.1) is 17.3 Å². The normalized spacial score (nSPS) is 16.3. The lowest BCUT2D eigenvalue weighted by Gasteiger charge is -2.34. The molecule has 0 radical (unpaired) electrons. The number of rotatable bonds is 5. The van der Waals surface area contributed by atoms with E-state index in [1.165, 1.54) is 0 Å². The van der Waals surface area contributed by atoms with Gasteiger partial charge in [0.1, 0.15) is 5.54 Å². The largest absolute Gasteiger partial charge is 0.480 e. The predicted molar refractivity (Wildman–Crippen MR) is 95.0 cm³/mol. The minimum absolute atomic E-state index is 0.0273. The summed E-state index contributed by atoms with van der Waals surface area (Å²) in [6.45, 7) is -0.0273. The van der Waals surface area contributed by atoms with Crippen molar-refractivity contribution in [1.29, 1.82) is 0 Å². The summed E-state index contributed by atoms with van der Waals surface area (Å²) in [6, 6.07) is 6.46. The lowest BCUT2D eigenvalue weighted by atomic mass is 9.81. The molecule has 26 heavy (non-hydrogen) atoms. The van der Waals surface area contributed by atoms with E-state index in [0.29, 0.717) is 18.2 Å². The van der Waals surface area contributed by atoms with Crippen LogP contribution in [0.3, 0.4) is 0 Å². The average Bonchev–Trinajstić information content (AvgIpc) is 2.64. The molecule has 8 nitrogen and oxygen atoms in total. The number of aromatic amines is 1. The summed E-state index contributed by atoms with van der Waals surface area (Å²) >= 11 is 0. The van der Waals surface area contributed by atoms with Crippen LogP contribution >= 0.6 is 0 Å². The lowest BCUT2D eigenvalue weighted by molar-refractivity contribution is -0.149. The Hall–Kier alpha value is -2.90. The van der Waals surface area contributed by atoms with E-state index >= 15 is 0 Å². The van der Waals surface area contributed by atoms with E-state index in [-0.39, 0.29) is 18.4 Å². The van der Waals surface area contributed by atoms with Crippen molar-refractivity contribution in [2.75, 3.05) is 0 Å². The van der Waals surface area contributed by atoms with Crippen LogP contribution in [0.15, 0.2) is 33.9 Å². The number of carboxylic acid groups (broad SMARTS) is 1. The Morgan fingerprint density at radius 1 is 1.12 bits per heavy atom. The van der Waals surface area contributed by atoms with Crippen molar-refractivity contribution in [3.05, 3.63) is 45.0 Å². The Kier molecular flexibility index (Phi) is 4.92. The van der Waals surface area contributed by atoms with Crippen LogP contribution in [-0.2, 0) is 16.1 Å². The third kappa shape index (κ3) is 3.40. The van der Waals surface area contributed by atoms with Gasteiger partial charge in [-0.25, -0.2) is 9.48 Å². The van der Waals surface area contributed by atoms with Crippen LogP contribution in [0.2, 0.25) is 0 Å². The first-order valence-corrected chi connectivity index (χ1v) is 8.69. The number of hydrogen-bond acceptors (Lipinski definition) is 4. The van der Waals surface area contributed by atoms with E-state index in [4.69, 9.17) is 0 Å². The monoisotopic (exact) mass is 359 g/mol. The van der Waals surface area contributed by atoms with Gasteiger partial charge in [0.25, 0.3) is 11.1 Å². The van der Waals surface area contributed by atoms with E-state index in [0.717, 1.165) is 23.9 Å². The van der Waals surface area contributed by atoms with Crippen LogP contribution in [0.5, 0.6) is 0 Å². The van der Waals surface area contributed by atoms with Crippen molar-refractivity contribution < 1.29 is 14.7 Å². The Labute approximate surface area is 148 Å². The molecule has 1 heterocycles. The summed E-state index contributed by atoms with van der Waals surface area (Å²) in [6.07, 6.45) is 3.18. The predicted octanol–water partition coefficient (Wildman–Crippen LogP) is 0.984. The molecular weight excluding hydrogens is 338 g/mol. The number of fused-ring (bicyclic) bond motifs is 1. The highest BCUT2D eigenvalue weighted by molar-refractivity contribution is 5.87. The SMILES string of the molecule is O=C(CCn1[nH]c(=O)c2ccccc2c1=O)NC1(C(=O)O)CCCCC1. The van der Waals surface area contributed by atoms with E-state index in [1.807, 2.05) is 0 Å². The molecule has 3 rings (SSSR count). The highest BCUT2D eigenvalue weighted by Gasteiger charge is 2.40. The number of carbonyl (C=O) groups is 2. The molecule has 1 aliphatic rings. The molecule has 8 heteroatoms. The second-order valence-corrected chi connectivity index (χ2v) is 6.69. The van der Waals surface area contributed by atoms with Crippen molar-refractivity contribution in [3.8, 4) is 0 Å². The molecule has 2 aromatic rings. The second-order valence-electron chi connectivity index (χ2n) is 6.69. The van der Waals surface area contributed by atoms with Gasteiger partial charge < -0.3 is 10.4 Å². The van der Waals surface area contributed by atoms with Gasteiger partial charge in [0, 0.05) is 6.42 Å². The van der Waals surface area contributed by atoms with Crippen LogP contribution in [-0.4, -0.2) is 32.3 Å². The third-order valence-corrected chi connectivity index (χ3v) is 4.94. The number of carboxylic acids is 1. The van der Waals surface area contributed by atoms with Gasteiger partial charge in [0.2, 0.25) is 5.91 Å². The summed E-state index contributed by atoms with van der Waals surface area (Å²) in [5.74, 6) is -1.47. The highest BCUT2D eigenvalue weighted by Crippen LogP contribution is 2.28. The van der Waals surface area contributed by atoms with Gasteiger partial charge >= 0.3 is 5.97 Å². The van der Waals surface area contributed by atoms with E-state index < -0.39 is 28.5 Å². The minimum Gasteiger partial charge on any atom is -0.480 e. The molecule has 1 fully saturated rings. The van der Waals surface area contributed by atoms with Gasteiger partial charge in [-0.1, -0.05) is 31.4 Å². The molecule has 0 saturated heterocycles. The lowest BCUT2D eigenvalue weighted by Crippen LogP contribution is -2.55. The van der Waals surface area contributed by atoms with Crippen LogP contribution in [0.4, 0.5) is 0 Å². The fraction of sp³-hybridized carbons (Fsp3) is 0.444. The fourth-order valence-corrected chi connectivity index (χ4v) is 3.49. The van der Waals surface area contributed by atoms with Crippen molar-refractivity contribution in [2.45, 2.75) is 50.6 Å². The van der Waals surface area contributed by atoms with Gasteiger partial charge in [-0.3, -0.25) is 19.5 Å². The standard InChI is InChI=1S/C18H21N3O5/c22-14(19-18(17(25)26)9-4-1-5-10-18)8-11-21-16(24)13-7-3-2-6-12(13)15(23)20-21/h2-3,6-7H,1,4-5,8-11H2,(H,19,22)(H,20,23)(H,25,26). The zero-order valence-electron chi connectivity index (χ0n) is 14.3. The molecule has 0 spiro atoms. The third-order valence-electron chi connectivity index (χ3n) is 4.94. The highest BCUT2D eigenvalue weighted by atomic mass is 16.4. The number of nitrogens with zero attached hydrogens (tertiary/aromatic N) is 1. The van der Waals surface area contributed by atoms with Crippen LogP contribution in [0.1, 0.15) is 38.5 Å². The molecule has 0 unspecified atom stereocenters. The molecule has 1 aromatic heterocycles. The molecular formula is C18H21N3O5. The number of benzene rings is 1. The molecule has 1 aromatic carbocycles. The number of aryl methyl sites for hydroxylation is 1. The van der Waals surface area contributed by atoms with Gasteiger partial charge in [-0.2, -0.15) is 0 Å². The summed E-state index contributed by atoms with van der Waals surface area (Å²) in [7, 11) is 0. The first-order chi connectivity index (χ1) is 12.4. The van der Waals surface area contributed by atoms with E-state index in [9.17, 15) is 24.3 Å². The molecule has 0 aliphatic heterocycles. The molecule has 0 bridgehead atoms. The zero-order valence-corrected chi connectivity index (χ0v) is 14.3. The number of hydrogen-bond donors (Lipinski definition) is 3. The molecule has 1 aliphatic carbocycles. The summed E-state index contributed by atoms with van der Waals surface area (Å²) in [4.78, 5) is 48.4. The summed E-state index contributed by atoms with van der Waals surface area (Å²) < 4.78 is 1.10. The Morgan fingerprint density at radius 2 is 1.77 bits per heavy atom. The Bertz CT molecular complexity index is 953. The van der Waals surface area contributed by atoms with Crippen molar-refractivity contribution >= 4 is 22.6 Å². The zero-order chi connectivity index (χ0) is 18.7. The molecule has 1 saturated carbocycles. The van der Waals surface area contributed by atoms with Crippen molar-refractivity contribution in [2.24, 2.45) is 0 Å². The average molecular weight is 359 g/mol. The summed E-state index contributed by atoms with van der Waals surface area (Å²) in [5.41, 5.74) is -2.02. The number of H-pyrrole nitrogens is 1. The number of carbonyl (C=O) groups excluding carboxylic acids is 1. The molecule has 138 valence electrons. The number of aliphatic carboxylic acids is 1. The number of amides is 1. The maximum absolute atomic E-state index is 12.4. The van der Waals surface area contributed by atoms with E-state index in [2.05, 4.69) is 10.4 Å². The number of aromatic nitrogens is 2. The first-order valence-electron chi connectivity index (χ1n) is 8.69. The van der Waals surface area contributed by atoms with Crippen LogP contribution < -0.4 is 16.4 Å². The second kappa shape index (κ2) is 7.15. The first kappa shape index (κ1) is 17.9. The topological polar surface area (TPSA) is 121 Å². The van der Waals surface area contributed by atoms with Gasteiger partial charge in [-0.15, -0.1) is 0 Å². The summed E-state index contributed by atoms with van der Waals surface area (Å²) in [5, 5.41) is 15.2. The molecule has 3 N–H and O–H groups in total.